The summed E-state index contributed by atoms with van der Waals surface area (Å²) in [5.41, 5.74) is 4.57. The molecule has 152 valence electrons. The van der Waals surface area contributed by atoms with Gasteiger partial charge in [-0.1, -0.05) is 54.5 Å². The zero-order valence-corrected chi connectivity index (χ0v) is 16.1. The molecule has 1 aliphatic heterocycles. The number of carbonyl (C=O) groups excluding carboxylic acids is 2. The summed E-state index contributed by atoms with van der Waals surface area (Å²) in [6.45, 7) is 0.514. The fourth-order valence-corrected chi connectivity index (χ4v) is 3.77. The lowest BCUT2D eigenvalue weighted by Gasteiger charge is -2.34. The van der Waals surface area contributed by atoms with Gasteiger partial charge in [-0.25, -0.2) is 4.79 Å². The second-order valence-corrected chi connectivity index (χ2v) is 7.23. The number of benzene rings is 2. The van der Waals surface area contributed by atoms with Crippen LogP contribution in [0.3, 0.4) is 0 Å². The highest BCUT2D eigenvalue weighted by Crippen LogP contribution is 2.44. The smallest absolute Gasteiger partial charge is 0.407 e. The zero-order chi connectivity index (χ0) is 21.1. The van der Waals surface area contributed by atoms with E-state index in [9.17, 15) is 14.4 Å². The van der Waals surface area contributed by atoms with Gasteiger partial charge in [0.05, 0.1) is 12.5 Å². The van der Waals surface area contributed by atoms with Gasteiger partial charge in [0.25, 0.3) is 5.91 Å². The number of hydrogen-bond donors (Lipinski definition) is 2. The maximum Gasteiger partial charge on any atom is 0.407 e. The molecule has 2 amide bonds. The lowest BCUT2D eigenvalue weighted by molar-refractivity contribution is -0.150. The minimum atomic E-state index is -0.913. The predicted octanol–water partition coefficient (Wildman–Crippen LogP) is 2.07. The van der Waals surface area contributed by atoms with E-state index in [0.29, 0.717) is 0 Å². The Kier molecular flexibility index (Phi) is 5.40. The minimum Gasteiger partial charge on any atom is -0.481 e. The van der Waals surface area contributed by atoms with Crippen molar-refractivity contribution in [3.8, 4) is 23.0 Å². The van der Waals surface area contributed by atoms with E-state index < -0.39 is 23.9 Å². The van der Waals surface area contributed by atoms with E-state index in [0.717, 1.165) is 22.3 Å². The lowest BCUT2D eigenvalue weighted by atomic mass is 9.98. The molecule has 1 heterocycles. The molecule has 1 saturated heterocycles. The number of rotatable bonds is 4. The molecule has 7 heteroatoms. The standard InChI is InChI=1S/C23H20N2O5/c26-21(25-12-15(13-25)22(27)28)10-5-11-24-23(29)30-14-20-18-8-3-1-6-16(18)17-7-2-4-9-19(17)20/h1-4,6-9,15,20H,11-14H2,(H,24,29)(H,27,28). The van der Waals surface area contributed by atoms with Gasteiger partial charge < -0.3 is 20.1 Å². The van der Waals surface area contributed by atoms with Gasteiger partial charge in [-0.3, -0.25) is 9.59 Å². The second kappa shape index (κ2) is 8.29. The molecule has 4 rings (SSSR count). The van der Waals surface area contributed by atoms with Gasteiger partial charge in [-0.05, 0) is 28.2 Å². The Bertz CT molecular complexity index is 1020. The first-order valence-electron chi connectivity index (χ1n) is 9.64. The number of nitrogens with one attached hydrogen (secondary N) is 1. The summed E-state index contributed by atoms with van der Waals surface area (Å²) in [6.07, 6.45) is -0.603. The molecule has 30 heavy (non-hydrogen) atoms. The molecule has 2 N–H and O–H groups in total. The topological polar surface area (TPSA) is 95.9 Å². The third kappa shape index (κ3) is 3.85. The normalized spacial score (nSPS) is 14.6. The van der Waals surface area contributed by atoms with Crippen LogP contribution in [0.5, 0.6) is 0 Å². The first-order valence-corrected chi connectivity index (χ1v) is 9.64. The molecule has 2 aliphatic rings. The van der Waals surface area contributed by atoms with Crippen molar-refractivity contribution < 1.29 is 24.2 Å². The molecular formula is C23H20N2O5. The Balaban J connectivity index is 1.26. The second-order valence-electron chi connectivity index (χ2n) is 7.23. The van der Waals surface area contributed by atoms with Crippen LogP contribution in [0.1, 0.15) is 17.0 Å². The number of hydrogen-bond acceptors (Lipinski definition) is 4. The molecule has 7 nitrogen and oxygen atoms in total. The number of alkyl carbamates (subject to hydrolysis) is 1. The van der Waals surface area contributed by atoms with Gasteiger partial charge in [-0.2, -0.15) is 0 Å². The van der Waals surface area contributed by atoms with Crippen LogP contribution >= 0.6 is 0 Å². The van der Waals surface area contributed by atoms with Crippen molar-refractivity contribution in [3.05, 3.63) is 59.7 Å². The lowest BCUT2D eigenvalue weighted by Crippen LogP contribution is -2.52. The highest BCUT2D eigenvalue weighted by Gasteiger charge is 2.35. The molecule has 2 aromatic rings. The highest BCUT2D eigenvalue weighted by molar-refractivity contribution is 5.95. The molecular weight excluding hydrogens is 384 g/mol. The Morgan fingerprint density at radius 2 is 1.63 bits per heavy atom. The number of aliphatic carboxylic acids is 1. The molecule has 0 radical (unpaired) electrons. The number of fused-ring (bicyclic) bond motifs is 3. The third-order valence-corrected chi connectivity index (χ3v) is 5.38. The summed E-state index contributed by atoms with van der Waals surface area (Å²) in [6, 6.07) is 16.2. The number of carboxylic acid groups (broad SMARTS) is 1. The van der Waals surface area contributed by atoms with Crippen molar-refractivity contribution >= 4 is 18.0 Å². The van der Waals surface area contributed by atoms with Gasteiger partial charge in [-0.15, -0.1) is 0 Å². The molecule has 0 saturated carbocycles. The summed E-state index contributed by atoms with van der Waals surface area (Å²) in [7, 11) is 0. The van der Waals surface area contributed by atoms with Crippen LogP contribution < -0.4 is 5.32 Å². The van der Waals surface area contributed by atoms with Crippen molar-refractivity contribution in [1.29, 1.82) is 0 Å². The first kappa shape index (κ1) is 19.5. The first-order chi connectivity index (χ1) is 14.5. The van der Waals surface area contributed by atoms with Crippen LogP contribution in [-0.4, -0.2) is 54.2 Å². The molecule has 1 aliphatic carbocycles. The number of carboxylic acids is 1. The van der Waals surface area contributed by atoms with E-state index in [1.54, 1.807) is 0 Å². The molecule has 0 bridgehead atoms. The van der Waals surface area contributed by atoms with E-state index in [1.165, 1.54) is 4.90 Å². The average molecular weight is 404 g/mol. The van der Waals surface area contributed by atoms with E-state index >= 15 is 0 Å². The number of nitrogens with zero attached hydrogens (tertiary/aromatic N) is 1. The Morgan fingerprint density at radius 1 is 1.03 bits per heavy atom. The van der Waals surface area contributed by atoms with Crippen LogP contribution in [0.25, 0.3) is 11.1 Å². The summed E-state index contributed by atoms with van der Waals surface area (Å²) in [4.78, 5) is 35.9. The Hall–Kier alpha value is -3.79. The largest absolute Gasteiger partial charge is 0.481 e. The number of ether oxygens (including phenoxy) is 1. The highest BCUT2D eigenvalue weighted by atomic mass is 16.5. The summed E-state index contributed by atoms with van der Waals surface area (Å²) in [5.74, 6) is 3.07. The maximum absolute atomic E-state index is 12.0. The van der Waals surface area contributed by atoms with E-state index in [1.807, 2.05) is 36.4 Å². The monoisotopic (exact) mass is 404 g/mol. The van der Waals surface area contributed by atoms with E-state index in [2.05, 4.69) is 29.3 Å². The molecule has 0 spiro atoms. The maximum atomic E-state index is 12.0. The number of carbonyl (C=O) groups is 3. The molecule has 0 aromatic heterocycles. The van der Waals surface area contributed by atoms with Gasteiger partial charge in [0, 0.05) is 19.0 Å². The Labute approximate surface area is 173 Å². The summed E-state index contributed by atoms with van der Waals surface area (Å²) < 4.78 is 5.39. The van der Waals surface area contributed by atoms with Gasteiger partial charge >= 0.3 is 12.1 Å². The zero-order valence-electron chi connectivity index (χ0n) is 16.1. The van der Waals surface area contributed by atoms with Crippen molar-refractivity contribution in [1.82, 2.24) is 10.2 Å². The predicted molar refractivity (Wildman–Crippen MR) is 109 cm³/mol. The quantitative estimate of drug-likeness (QED) is 0.761. The van der Waals surface area contributed by atoms with Crippen molar-refractivity contribution in [2.75, 3.05) is 26.2 Å². The SMILES string of the molecule is O=C(NCC#CC(=O)N1CC(C(=O)O)C1)OCC1c2ccccc2-c2ccccc21. The fourth-order valence-electron chi connectivity index (χ4n) is 3.77. The summed E-state index contributed by atoms with van der Waals surface area (Å²) in [5, 5.41) is 11.3. The number of amides is 2. The molecule has 0 unspecified atom stereocenters. The fraction of sp³-hybridized carbons (Fsp3) is 0.261. The van der Waals surface area contributed by atoms with Crippen LogP contribution in [0.2, 0.25) is 0 Å². The van der Waals surface area contributed by atoms with E-state index in [4.69, 9.17) is 9.84 Å². The van der Waals surface area contributed by atoms with Crippen molar-refractivity contribution in [2.45, 2.75) is 5.92 Å². The summed E-state index contributed by atoms with van der Waals surface area (Å²) >= 11 is 0. The third-order valence-electron chi connectivity index (χ3n) is 5.38. The molecule has 1 fully saturated rings. The number of likely N-dealkylation sites (tertiary alicyclic amines) is 1. The van der Waals surface area contributed by atoms with E-state index in [-0.39, 0.29) is 32.2 Å². The Morgan fingerprint density at radius 3 is 2.23 bits per heavy atom. The average Bonchev–Trinajstić information content (AvgIpc) is 3.02. The van der Waals surface area contributed by atoms with Gasteiger partial charge in [0.1, 0.15) is 6.61 Å². The molecule has 0 atom stereocenters. The van der Waals surface area contributed by atoms with Gasteiger partial charge in [0.15, 0.2) is 0 Å². The van der Waals surface area contributed by atoms with Crippen LogP contribution in [0.4, 0.5) is 4.79 Å². The van der Waals surface area contributed by atoms with Crippen LogP contribution in [0, 0.1) is 17.8 Å². The van der Waals surface area contributed by atoms with Crippen LogP contribution in [-0.2, 0) is 14.3 Å². The van der Waals surface area contributed by atoms with Crippen molar-refractivity contribution in [3.63, 3.8) is 0 Å². The molecule has 2 aromatic carbocycles. The minimum absolute atomic E-state index is 0.0237. The van der Waals surface area contributed by atoms with Gasteiger partial charge in [0.2, 0.25) is 0 Å². The van der Waals surface area contributed by atoms with Crippen molar-refractivity contribution in [2.24, 2.45) is 5.92 Å². The van der Waals surface area contributed by atoms with Crippen LogP contribution in [0.15, 0.2) is 48.5 Å².